The second kappa shape index (κ2) is 5.55. The maximum atomic E-state index is 13.4. The molecule has 0 unspecified atom stereocenters. The van der Waals surface area contributed by atoms with Crippen molar-refractivity contribution in [3.8, 4) is 0 Å². The van der Waals surface area contributed by atoms with Crippen LogP contribution in [-0.2, 0) is 0 Å². The number of nitrogens with one attached hydrogen (secondary N) is 1. The predicted molar refractivity (Wildman–Crippen MR) is 70.8 cm³/mol. The molecule has 0 fully saturated rings. The molecule has 0 saturated carbocycles. The molecule has 98 valence electrons. The molecule has 0 aliphatic rings. The molecular weight excluding hydrogens is 295 g/mol. The summed E-state index contributed by atoms with van der Waals surface area (Å²) in [5, 5.41) is 2.81. The molecule has 2 rings (SSSR count). The first kappa shape index (κ1) is 13.8. The summed E-state index contributed by atoms with van der Waals surface area (Å²) in [6.45, 7) is 0. The largest absolute Gasteiger partial charge is 0.319 e. The molecule has 0 bridgehead atoms. The SMILES string of the molecule is O=C(Nc1ccc(F)cc1F)c1cc(Cl)ccc1Cl. The number of anilines is 1. The van der Waals surface area contributed by atoms with Gasteiger partial charge in [0.05, 0.1) is 16.3 Å². The summed E-state index contributed by atoms with van der Waals surface area (Å²) >= 11 is 11.6. The van der Waals surface area contributed by atoms with Crippen molar-refractivity contribution in [3.05, 3.63) is 63.6 Å². The Labute approximate surface area is 118 Å². The molecule has 0 atom stereocenters. The second-order valence-electron chi connectivity index (χ2n) is 3.70. The van der Waals surface area contributed by atoms with Crippen molar-refractivity contribution in [1.29, 1.82) is 0 Å². The van der Waals surface area contributed by atoms with Crippen LogP contribution in [0.3, 0.4) is 0 Å². The van der Waals surface area contributed by atoms with Gasteiger partial charge in [-0.05, 0) is 30.3 Å². The number of hydrogen-bond donors (Lipinski definition) is 1. The fourth-order valence-electron chi connectivity index (χ4n) is 1.45. The first-order valence-corrected chi connectivity index (χ1v) is 5.94. The summed E-state index contributed by atoms with van der Waals surface area (Å²) in [4.78, 5) is 11.9. The van der Waals surface area contributed by atoms with E-state index in [2.05, 4.69) is 5.32 Å². The number of hydrogen-bond acceptors (Lipinski definition) is 1. The average molecular weight is 302 g/mol. The number of rotatable bonds is 2. The summed E-state index contributed by atoms with van der Waals surface area (Å²) in [6, 6.07) is 7.19. The predicted octanol–water partition coefficient (Wildman–Crippen LogP) is 4.52. The van der Waals surface area contributed by atoms with Crippen LogP contribution in [0.25, 0.3) is 0 Å². The molecule has 1 amide bonds. The van der Waals surface area contributed by atoms with E-state index in [4.69, 9.17) is 23.2 Å². The van der Waals surface area contributed by atoms with Crippen molar-refractivity contribution in [2.45, 2.75) is 0 Å². The fourth-order valence-corrected chi connectivity index (χ4v) is 1.83. The van der Waals surface area contributed by atoms with Crippen molar-refractivity contribution in [3.63, 3.8) is 0 Å². The van der Waals surface area contributed by atoms with E-state index >= 15 is 0 Å². The van der Waals surface area contributed by atoms with Crippen LogP contribution >= 0.6 is 23.2 Å². The Bertz CT molecular complexity index is 647. The minimum atomic E-state index is -0.869. The van der Waals surface area contributed by atoms with Crippen LogP contribution in [0, 0.1) is 11.6 Å². The molecule has 2 aromatic carbocycles. The minimum absolute atomic E-state index is 0.109. The highest BCUT2D eigenvalue weighted by Gasteiger charge is 2.13. The number of halogens is 4. The molecule has 0 aromatic heterocycles. The normalized spacial score (nSPS) is 10.3. The maximum absolute atomic E-state index is 13.4. The van der Waals surface area contributed by atoms with Crippen molar-refractivity contribution >= 4 is 34.8 Å². The van der Waals surface area contributed by atoms with Crippen LogP contribution in [0.5, 0.6) is 0 Å². The molecule has 19 heavy (non-hydrogen) atoms. The van der Waals surface area contributed by atoms with E-state index in [1.807, 2.05) is 0 Å². The number of benzene rings is 2. The molecule has 1 N–H and O–H groups in total. The van der Waals surface area contributed by atoms with Crippen molar-refractivity contribution in [2.24, 2.45) is 0 Å². The summed E-state index contributed by atoms with van der Waals surface area (Å²) in [7, 11) is 0. The van der Waals surface area contributed by atoms with Crippen LogP contribution in [0.4, 0.5) is 14.5 Å². The van der Waals surface area contributed by atoms with E-state index in [1.165, 1.54) is 18.2 Å². The van der Waals surface area contributed by atoms with Gasteiger partial charge in [0.25, 0.3) is 5.91 Å². The van der Waals surface area contributed by atoms with Gasteiger partial charge < -0.3 is 5.32 Å². The first-order chi connectivity index (χ1) is 8.97. The van der Waals surface area contributed by atoms with Gasteiger partial charge in [-0.2, -0.15) is 0 Å². The zero-order valence-electron chi connectivity index (χ0n) is 9.38. The van der Waals surface area contributed by atoms with E-state index in [0.717, 1.165) is 12.1 Å². The van der Waals surface area contributed by atoms with Gasteiger partial charge in [-0.25, -0.2) is 8.78 Å². The Morgan fingerprint density at radius 2 is 1.79 bits per heavy atom. The molecule has 0 aliphatic carbocycles. The third kappa shape index (κ3) is 3.22. The highest BCUT2D eigenvalue weighted by atomic mass is 35.5. The number of carbonyl (C=O) groups is 1. The van der Waals surface area contributed by atoms with Crippen LogP contribution in [0.15, 0.2) is 36.4 Å². The van der Waals surface area contributed by atoms with Gasteiger partial charge in [-0.1, -0.05) is 23.2 Å². The molecule has 0 saturated heterocycles. The summed E-state index contributed by atoms with van der Waals surface area (Å²) in [5.41, 5.74) is -0.0275. The molecule has 0 aliphatic heterocycles. The third-order valence-electron chi connectivity index (χ3n) is 2.35. The zero-order valence-corrected chi connectivity index (χ0v) is 10.9. The van der Waals surface area contributed by atoms with Crippen molar-refractivity contribution in [1.82, 2.24) is 0 Å². The number of carbonyl (C=O) groups excluding carboxylic acids is 1. The second-order valence-corrected chi connectivity index (χ2v) is 4.55. The third-order valence-corrected chi connectivity index (χ3v) is 2.92. The first-order valence-electron chi connectivity index (χ1n) is 5.19. The molecule has 0 spiro atoms. The van der Waals surface area contributed by atoms with E-state index < -0.39 is 17.5 Å². The summed E-state index contributed by atoms with van der Waals surface area (Å²) < 4.78 is 26.1. The van der Waals surface area contributed by atoms with Gasteiger partial charge >= 0.3 is 0 Å². The molecular formula is C13H7Cl2F2NO. The molecule has 0 radical (unpaired) electrons. The standard InChI is InChI=1S/C13H7Cl2F2NO/c14-7-1-3-10(15)9(5-7)13(19)18-12-4-2-8(16)6-11(12)17/h1-6H,(H,18,19). The van der Waals surface area contributed by atoms with E-state index in [0.29, 0.717) is 11.1 Å². The van der Waals surface area contributed by atoms with Gasteiger partial charge in [-0.3, -0.25) is 4.79 Å². The van der Waals surface area contributed by atoms with Crippen LogP contribution in [0.2, 0.25) is 10.0 Å². The van der Waals surface area contributed by atoms with Gasteiger partial charge in [0, 0.05) is 11.1 Å². The van der Waals surface area contributed by atoms with Gasteiger partial charge in [0.15, 0.2) is 0 Å². The highest BCUT2D eigenvalue weighted by Crippen LogP contribution is 2.22. The molecule has 0 heterocycles. The zero-order chi connectivity index (χ0) is 14.0. The fraction of sp³-hybridized carbons (Fsp3) is 0. The lowest BCUT2D eigenvalue weighted by Crippen LogP contribution is -2.13. The lowest BCUT2D eigenvalue weighted by atomic mass is 10.2. The van der Waals surface area contributed by atoms with Gasteiger partial charge in [0.2, 0.25) is 0 Å². The van der Waals surface area contributed by atoms with Crippen molar-refractivity contribution in [2.75, 3.05) is 5.32 Å². The van der Waals surface area contributed by atoms with Crippen molar-refractivity contribution < 1.29 is 13.6 Å². The lowest BCUT2D eigenvalue weighted by Gasteiger charge is -2.08. The smallest absolute Gasteiger partial charge is 0.257 e. The van der Waals surface area contributed by atoms with E-state index in [-0.39, 0.29) is 16.3 Å². The summed E-state index contributed by atoms with van der Waals surface area (Å²) in [6.07, 6.45) is 0. The summed E-state index contributed by atoms with van der Waals surface area (Å²) in [5.74, 6) is -2.22. The average Bonchev–Trinajstić information content (AvgIpc) is 2.35. The highest BCUT2D eigenvalue weighted by molar-refractivity contribution is 6.36. The Morgan fingerprint density at radius 3 is 2.47 bits per heavy atom. The number of amides is 1. The van der Waals surface area contributed by atoms with Gasteiger partial charge in [-0.15, -0.1) is 0 Å². The topological polar surface area (TPSA) is 29.1 Å². The quantitative estimate of drug-likeness (QED) is 0.868. The Kier molecular flexibility index (Phi) is 4.02. The van der Waals surface area contributed by atoms with Crippen LogP contribution in [-0.4, -0.2) is 5.91 Å². The molecule has 6 heteroatoms. The van der Waals surface area contributed by atoms with Crippen LogP contribution < -0.4 is 5.32 Å². The monoisotopic (exact) mass is 301 g/mol. The minimum Gasteiger partial charge on any atom is -0.319 e. The Morgan fingerprint density at radius 1 is 1.05 bits per heavy atom. The lowest BCUT2D eigenvalue weighted by molar-refractivity contribution is 0.102. The Hall–Kier alpha value is -1.65. The maximum Gasteiger partial charge on any atom is 0.257 e. The van der Waals surface area contributed by atoms with E-state index in [9.17, 15) is 13.6 Å². The Balaban J connectivity index is 2.28. The van der Waals surface area contributed by atoms with Crippen LogP contribution in [0.1, 0.15) is 10.4 Å². The molecule has 2 aromatic rings. The molecule has 2 nitrogen and oxygen atoms in total. The van der Waals surface area contributed by atoms with Gasteiger partial charge in [0.1, 0.15) is 11.6 Å². The van der Waals surface area contributed by atoms with E-state index in [1.54, 1.807) is 0 Å².